The number of nitrogens with zero attached hydrogens (tertiary/aromatic N) is 2. The average Bonchev–Trinajstić information content (AvgIpc) is 2.80. The largest absolute Gasteiger partial charge is 0.508 e. The molecular formula is C27H28N4O2. The van der Waals surface area contributed by atoms with Crippen LogP contribution in [0.1, 0.15) is 21.6 Å². The molecule has 0 atom stereocenters. The van der Waals surface area contributed by atoms with Crippen molar-refractivity contribution in [3.63, 3.8) is 0 Å². The van der Waals surface area contributed by atoms with Crippen molar-refractivity contribution >= 4 is 28.2 Å². The summed E-state index contributed by atoms with van der Waals surface area (Å²) < 4.78 is 0. The zero-order valence-corrected chi connectivity index (χ0v) is 18.9. The van der Waals surface area contributed by atoms with Crippen LogP contribution < -0.4 is 10.6 Å². The Labute approximate surface area is 193 Å². The van der Waals surface area contributed by atoms with Gasteiger partial charge in [0.15, 0.2) is 0 Å². The zero-order valence-electron chi connectivity index (χ0n) is 18.9. The molecule has 6 heteroatoms. The fraction of sp³-hybridized carbons (Fsp3) is 0.185. The Bertz CT molecular complexity index is 1270. The fourth-order valence-corrected chi connectivity index (χ4v) is 3.78. The van der Waals surface area contributed by atoms with Crippen molar-refractivity contribution in [3.8, 4) is 5.75 Å². The van der Waals surface area contributed by atoms with Crippen LogP contribution in [0.2, 0.25) is 0 Å². The molecule has 33 heavy (non-hydrogen) atoms. The van der Waals surface area contributed by atoms with Crippen molar-refractivity contribution in [2.24, 2.45) is 0 Å². The number of para-hydroxylation sites is 2. The van der Waals surface area contributed by atoms with Gasteiger partial charge in [0.05, 0.1) is 5.52 Å². The van der Waals surface area contributed by atoms with Crippen molar-refractivity contribution in [2.75, 3.05) is 25.5 Å². The quantitative estimate of drug-likeness (QED) is 0.365. The number of likely N-dealkylation sites (N-methyl/N-ethyl adjacent to an activating group) is 1. The molecule has 4 rings (SSSR count). The minimum absolute atomic E-state index is 0.120. The highest BCUT2D eigenvalue weighted by Crippen LogP contribution is 2.26. The Morgan fingerprint density at radius 3 is 2.64 bits per heavy atom. The van der Waals surface area contributed by atoms with Crippen molar-refractivity contribution in [3.05, 3.63) is 95.7 Å². The first-order valence-corrected chi connectivity index (χ1v) is 11.0. The Balaban J connectivity index is 1.37. The maximum absolute atomic E-state index is 12.7. The summed E-state index contributed by atoms with van der Waals surface area (Å²) in [5.41, 5.74) is 5.12. The molecule has 1 amide bonds. The molecule has 0 aliphatic rings. The molecule has 0 bridgehead atoms. The lowest BCUT2D eigenvalue weighted by Gasteiger charge is -2.18. The van der Waals surface area contributed by atoms with E-state index in [0.717, 1.165) is 33.5 Å². The van der Waals surface area contributed by atoms with Crippen LogP contribution in [0, 0.1) is 6.92 Å². The number of hydrogen-bond donors (Lipinski definition) is 3. The Kier molecular flexibility index (Phi) is 6.86. The summed E-state index contributed by atoms with van der Waals surface area (Å²) in [5.74, 6) is 0.167. The monoisotopic (exact) mass is 440 g/mol. The van der Waals surface area contributed by atoms with Crippen LogP contribution in [0.3, 0.4) is 0 Å². The van der Waals surface area contributed by atoms with E-state index in [1.807, 2.05) is 80.7 Å². The smallest absolute Gasteiger partial charge is 0.251 e. The van der Waals surface area contributed by atoms with Gasteiger partial charge in [-0.25, -0.2) is 0 Å². The average molecular weight is 441 g/mol. The second-order valence-corrected chi connectivity index (χ2v) is 8.16. The second kappa shape index (κ2) is 10.1. The molecule has 0 fully saturated rings. The number of benzene rings is 3. The summed E-state index contributed by atoms with van der Waals surface area (Å²) in [6.07, 6.45) is 0. The maximum atomic E-state index is 12.7. The fourth-order valence-electron chi connectivity index (χ4n) is 3.78. The van der Waals surface area contributed by atoms with E-state index in [2.05, 4.69) is 20.5 Å². The summed E-state index contributed by atoms with van der Waals surface area (Å²) in [4.78, 5) is 19.3. The third kappa shape index (κ3) is 5.67. The molecule has 0 radical (unpaired) electrons. The SMILES string of the molecule is Cc1cc(Nc2cccc(C(=O)NCCN(C)Cc3ccccc3O)c2)c2ccccc2n1. The molecule has 6 nitrogen and oxygen atoms in total. The lowest BCUT2D eigenvalue weighted by atomic mass is 10.1. The van der Waals surface area contributed by atoms with E-state index in [0.29, 0.717) is 25.2 Å². The van der Waals surface area contributed by atoms with Crippen LogP contribution in [0.5, 0.6) is 5.75 Å². The number of rotatable bonds is 8. The third-order valence-corrected chi connectivity index (χ3v) is 5.46. The van der Waals surface area contributed by atoms with Gasteiger partial charge in [-0.05, 0) is 50.4 Å². The van der Waals surface area contributed by atoms with Crippen LogP contribution in [0.15, 0.2) is 78.9 Å². The van der Waals surface area contributed by atoms with Crippen LogP contribution in [-0.2, 0) is 6.54 Å². The summed E-state index contributed by atoms with van der Waals surface area (Å²) in [6, 6.07) is 24.8. The molecule has 3 N–H and O–H groups in total. The van der Waals surface area contributed by atoms with E-state index < -0.39 is 0 Å². The molecule has 0 aliphatic heterocycles. The first-order valence-electron chi connectivity index (χ1n) is 11.0. The molecule has 1 aromatic heterocycles. The van der Waals surface area contributed by atoms with Gasteiger partial charge >= 0.3 is 0 Å². The summed E-state index contributed by atoms with van der Waals surface area (Å²) in [5, 5.41) is 17.4. The molecule has 0 spiro atoms. The highest BCUT2D eigenvalue weighted by Gasteiger charge is 2.09. The first kappa shape index (κ1) is 22.3. The van der Waals surface area contributed by atoms with Gasteiger partial charge in [-0.15, -0.1) is 0 Å². The highest BCUT2D eigenvalue weighted by atomic mass is 16.3. The van der Waals surface area contributed by atoms with Crippen LogP contribution in [0.4, 0.5) is 11.4 Å². The number of aromatic nitrogens is 1. The molecule has 168 valence electrons. The summed E-state index contributed by atoms with van der Waals surface area (Å²) in [7, 11) is 1.96. The number of aromatic hydroxyl groups is 1. The van der Waals surface area contributed by atoms with E-state index in [1.165, 1.54) is 0 Å². The Morgan fingerprint density at radius 1 is 1.00 bits per heavy atom. The number of pyridine rings is 1. The number of carbonyl (C=O) groups is 1. The van der Waals surface area contributed by atoms with Crippen LogP contribution in [-0.4, -0.2) is 41.0 Å². The van der Waals surface area contributed by atoms with E-state index in [9.17, 15) is 9.90 Å². The zero-order chi connectivity index (χ0) is 23.2. The van der Waals surface area contributed by atoms with E-state index in [1.54, 1.807) is 12.1 Å². The minimum atomic E-state index is -0.120. The first-order chi connectivity index (χ1) is 16.0. The van der Waals surface area contributed by atoms with Crippen molar-refractivity contribution in [1.29, 1.82) is 0 Å². The van der Waals surface area contributed by atoms with E-state index in [4.69, 9.17) is 0 Å². The minimum Gasteiger partial charge on any atom is -0.508 e. The summed E-state index contributed by atoms with van der Waals surface area (Å²) in [6.45, 7) is 3.76. The van der Waals surface area contributed by atoms with Gasteiger partial charge in [0.25, 0.3) is 5.91 Å². The molecule has 0 saturated carbocycles. The third-order valence-electron chi connectivity index (χ3n) is 5.46. The van der Waals surface area contributed by atoms with E-state index in [-0.39, 0.29) is 11.7 Å². The van der Waals surface area contributed by atoms with Crippen molar-refractivity contribution < 1.29 is 9.90 Å². The highest BCUT2D eigenvalue weighted by molar-refractivity contribution is 5.96. The number of fused-ring (bicyclic) bond motifs is 1. The predicted octanol–water partition coefficient (Wildman–Crippen LogP) is 4.85. The number of hydrogen-bond acceptors (Lipinski definition) is 5. The van der Waals surface area contributed by atoms with Crippen molar-refractivity contribution in [1.82, 2.24) is 15.2 Å². The van der Waals surface area contributed by atoms with Gasteiger partial charge in [0, 0.05) is 53.2 Å². The predicted molar refractivity (Wildman–Crippen MR) is 133 cm³/mol. The number of nitrogens with one attached hydrogen (secondary N) is 2. The van der Waals surface area contributed by atoms with Crippen molar-refractivity contribution in [2.45, 2.75) is 13.5 Å². The molecular weight excluding hydrogens is 412 g/mol. The maximum Gasteiger partial charge on any atom is 0.251 e. The normalized spacial score (nSPS) is 11.0. The summed E-state index contributed by atoms with van der Waals surface area (Å²) >= 11 is 0. The number of anilines is 2. The number of amides is 1. The van der Waals surface area contributed by atoms with Gasteiger partial charge in [0.2, 0.25) is 0 Å². The second-order valence-electron chi connectivity index (χ2n) is 8.16. The van der Waals surface area contributed by atoms with Crippen LogP contribution >= 0.6 is 0 Å². The van der Waals surface area contributed by atoms with Gasteiger partial charge in [-0.2, -0.15) is 0 Å². The number of aryl methyl sites for hydroxylation is 1. The number of phenolic OH excluding ortho intramolecular Hbond substituents is 1. The molecule has 1 heterocycles. The van der Waals surface area contributed by atoms with Gasteiger partial charge in [0.1, 0.15) is 5.75 Å². The lowest BCUT2D eigenvalue weighted by Crippen LogP contribution is -2.32. The lowest BCUT2D eigenvalue weighted by molar-refractivity contribution is 0.0949. The van der Waals surface area contributed by atoms with Crippen LogP contribution in [0.25, 0.3) is 10.9 Å². The standard InChI is InChI=1S/C27H28N4O2/c1-19-16-25(23-11-4-5-12-24(23)29-19)30-22-10-7-9-20(17-22)27(33)28-14-15-31(2)18-21-8-3-6-13-26(21)32/h3-13,16-17,32H,14-15,18H2,1-2H3,(H,28,33)(H,29,30). The van der Waals surface area contributed by atoms with Gasteiger partial charge in [-0.3, -0.25) is 9.78 Å². The number of phenols is 1. The Hall–Kier alpha value is -3.90. The Morgan fingerprint density at radius 2 is 1.79 bits per heavy atom. The van der Waals surface area contributed by atoms with Gasteiger partial charge < -0.3 is 20.6 Å². The molecule has 0 saturated heterocycles. The molecule has 0 aliphatic carbocycles. The van der Waals surface area contributed by atoms with Gasteiger partial charge in [-0.1, -0.05) is 42.5 Å². The number of carbonyl (C=O) groups excluding carboxylic acids is 1. The molecule has 0 unspecified atom stereocenters. The molecule has 4 aromatic rings. The van der Waals surface area contributed by atoms with E-state index >= 15 is 0 Å². The molecule has 3 aromatic carbocycles. The topological polar surface area (TPSA) is 77.5 Å².